The third kappa shape index (κ3) is 3.43. The van der Waals surface area contributed by atoms with Crippen molar-refractivity contribution in [2.24, 2.45) is 11.8 Å². The van der Waals surface area contributed by atoms with Crippen molar-refractivity contribution in [2.45, 2.75) is 39.5 Å². The molecule has 2 unspecified atom stereocenters. The average molecular weight is 285 g/mol. The number of nitrogens with one attached hydrogen (secondary N) is 1. The molecule has 112 valence electrons. The Morgan fingerprint density at radius 2 is 2.14 bits per heavy atom. The predicted octanol–water partition coefficient (Wildman–Crippen LogP) is 4.28. The molecule has 3 rings (SSSR count). The second kappa shape index (κ2) is 6.29. The summed E-state index contributed by atoms with van der Waals surface area (Å²) in [5.41, 5.74) is 2.07. The Morgan fingerprint density at radius 3 is 2.90 bits per heavy atom. The zero-order valence-electron chi connectivity index (χ0n) is 12.8. The molecule has 1 heterocycles. The average Bonchev–Trinajstić information content (AvgIpc) is 2.92. The SMILES string of the molecule is Cc1noc(-c2ccccc2NCC2CCCC(C)C2)n1. The number of rotatable bonds is 4. The lowest BCUT2D eigenvalue weighted by molar-refractivity contribution is 0.293. The smallest absolute Gasteiger partial charge is 0.260 e. The Labute approximate surface area is 126 Å². The fourth-order valence-electron chi connectivity index (χ4n) is 3.23. The summed E-state index contributed by atoms with van der Waals surface area (Å²) in [6.07, 6.45) is 5.40. The van der Waals surface area contributed by atoms with Gasteiger partial charge in [0, 0.05) is 12.2 Å². The van der Waals surface area contributed by atoms with Gasteiger partial charge < -0.3 is 9.84 Å². The van der Waals surface area contributed by atoms with Gasteiger partial charge in [0.1, 0.15) is 0 Å². The van der Waals surface area contributed by atoms with Gasteiger partial charge in [0.25, 0.3) is 5.89 Å². The first kappa shape index (κ1) is 14.1. The molecule has 0 radical (unpaired) electrons. The number of hydrogen-bond donors (Lipinski definition) is 1. The minimum atomic E-state index is 0.590. The first-order valence-corrected chi connectivity index (χ1v) is 7.86. The molecule has 1 aliphatic carbocycles. The molecule has 4 nitrogen and oxygen atoms in total. The lowest BCUT2D eigenvalue weighted by Gasteiger charge is -2.27. The van der Waals surface area contributed by atoms with Gasteiger partial charge in [-0.2, -0.15) is 4.98 Å². The van der Waals surface area contributed by atoms with Crippen LogP contribution in [0.25, 0.3) is 11.5 Å². The van der Waals surface area contributed by atoms with E-state index in [1.807, 2.05) is 25.1 Å². The molecule has 2 aromatic rings. The van der Waals surface area contributed by atoms with E-state index in [0.29, 0.717) is 11.7 Å². The molecule has 0 saturated heterocycles. The molecule has 1 aromatic heterocycles. The Balaban J connectivity index is 1.71. The van der Waals surface area contributed by atoms with E-state index in [1.54, 1.807) is 0 Å². The van der Waals surface area contributed by atoms with E-state index in [9.17, 15) is 0 Å². The fraction of sp³-hybridized carbons (Fsp3) is 0.529. The molecule has 1 saturated carbocycles. The van der Waals surface area contributed by atoms with Gasteiger partial charge in [-0.1, -0.05) is 37.1 Å². The Morgan fingerprint density at radius 1 is 1.29 bits per heavy atom. The minimum absolute atomic E-state index is 0.590. The van der Waals surface area contributed by atoms with E-state index < -0.39 is 0 Å². The minimum Gasteiger partial charge on any atom is -0.384 e. The van der Waals surface area contributed by atoms with Crippen LogP contribution in [-0.4, -0.2) is 16.7 Å². The Bertz CT molecular complexity index is 593. The molecule has 1 N–H and O–H groups in total. The third-order valence-corrected chi connectivity index (χ3v) is 4.31. The van der Waals surface area contributed by atoms with Crippen molar-refractivity contribution in [1.82, 2.24) is 10.1 Å². The van der Waals surface area contributed by atoms with Crippen LogP contribution in [0.1, 0.15) is 38.4 Å². The van der Waals surface area contributed by atoms with E-state index in [2.05, 4.69) is 28.4 Å². The fourth-order valence-corrected chi connectivity index (χ4v) is 3.23. The first-order chi connectivity index (χ1) is 10.2. The van der Waals surface area contributed by atoms with Gasteiger partial charge in [0.2, 0.25) is 0 Å². The van der Waals surface area contributed by atoms with Crippen molar-refractivity contribution in [2.75, 3.05) is 11.9 Å². The van der Waals surface area contributed by atoms with E-state index >= 15 is 0 Å². The summed E-state index contributed by atoms with van der Waals surface area (Å²) in [5.74, 6) is 2.89. The second-order valence-electron chi connectivity index (χ2n) is 6.21. The van der Waals surface area contributed by atoms with Crippen molar-refractivity contribution in [3.8, 4) is 11.5 Å². The van der Waals surface area contributed by atoms with Crippen molar-refractivity contribution in [3.05, 3.63) is 30.1 Å². The first-order valence-electron chi connectivity index (χ1n) is 7.86. The third-order valence-electron chi connectivity index (χ3n) is 4.31. The molecule has 0 amide bonds. The number of aryl methyl sites for hydroxylation is 1. The summed E-state index contributed by atoms with van der Waals surface area (Å²) in [5, 5.41) is 7.46. The zero-order chi connectivity index (χ0) is 14.7. The van der Waals surface area contributed by atoms with Crippen molar-refractivity contribution >= 4 is 5.69 Å². The molecule has 21 heavy (non-hydrogen) atoms. The van der Waals surface area contributed by atoms with Gasteiger partial charge in [-0.3, -0.25) is 0 Å². The standard InChI is InChI=1S/C17H23N3O/c1-12-6-5-7-14(10-12)11-18-16-9-4-3-8-15(16)17-19-13(2)20-21-17/h3-4,8-9,12,14,18H,5-7,10-11H2,1-2H3. The van der Waals surface area contributed by atoms with Crippen LogP contribution in [0.5, 0.6) is 0 Å². The number of para-hydroxylation sites is 1. The molecule has 1 fully saturated rings. The van der Waals surface area contributed by atoms with Crippen LogP contribution in [0.15, 0.2) is 28.8 Å². The van der Waals surface area contributed by atoms with Crippen LogP contribution in [0, 0.1) is 18.8 Å². The van der Waals surface area contributed by atoms with Crippen LogP contribution in [-0.2, 0) is 0 Å². The zero-order valence-corrected chi connectivity index (χ0v) is 12.8. The summed E-state index contributed by atoms with van der Waals surface area (Å²) < 4.78 is 5.30. The second-order valence-corrected chi connectivity index (χ2v) is 6.21. The monoisotopic (exact) mass is 285 g/mol. The lowest BCUT2D eigenvalue weighted by Crippen LogP contribution is -2.21. The summed E-state index contributed by atoms with van der Waals surface area (Å²) in [7, 11) is 0. The highest BCUT2D eigenvalue weighted by Gasteiger charge is 2.19. The summed E-state index contributed by atoms with van der Waals surface area (Å²) in [6, 6.07) is 8.15. The van der Waals surface area contributed by atoms with Crippen LogP contribution in [0.4, 0.5) is 5.69 Å². The molecule has 0 bridgehead atoms. The topological polar surface area (TPSA) is 51.0 Å². The molecule has 4 heteroatoms. The maximum Gasteiger partial charge on any atom is 0.260 e. The molecule has 0 aliphatic heterocycles. The summed E-state index contributed by atoms with van der Waals surface area (Å²) in [6.45, 7) is 5.22. The Kier molecular flexibility index (Phi) is 4.23. The largest absolute Gasteiger partial charge is 0.384 e. The number of hydrogen-bond acceptors (Lipinski definition) is 4. The van der Waals surface area contributed by atoms with Crippen molar-refractivity contribution in [1.29, 1.82) is 0 Å². The molecule has 1 aliphatic rings. The van der Waals surface area contributed by atoms with Crippen molar-refractivity contribution < 1.29 is 4.52 Å². The van der Waals surface area contributed by atoms with E-state index in [-0.39, 0.29) is 0 Å². The maximum atomic E-state index is 5.30. The van der Waals surface area contributed by atoms with Crippen LogP contribution < -0.4 is 5.32 Å². The summed E-state index contributed by atoms with van der Waals surface area (Å²) >= 11 is 0. The maximum absolute atomic E-state index is 5.30. The van der Waals surface area contributed by atoms with Gasteiger partial charge in [-0.15, -0.1) is 0 Å². The highest BCUT2D eigenvalue weighted by Crippen LogP contribution is 2.30. The van der Waals surface area contributed by atoms with Crippen LogP contribution in [0.3, 0.4) is 0 Å². The van der Waals surface area contributed by atoms with E-state index in [0.717, 1.165) is 29.6 Å². The van der Waals surface area contributed by atoms with Gasteiger partial charge >= 0.3 is 0 Å². The highest BCUT2D eigenvalue weighted by atomic mass is 16.5. The Hall–Kier alpha value is -1.84. The van der Waals surface area contributed by atoms with E-state index in [1.165, 1.54) is 25.7 Å². The molecule has 0 spiro atoms. The number of anilines is 1. The molecule has 1 aromatic carbocycles. The quantitative estimate of drug-likeness (QED) is 0.910. The van der Waals surface area contributed by atoms with Crippen LogP contribution in [0.2, 0.25) is 0 Å². The van der Waals surface area contributed by atoms with E-state index in [4.69, 9.17) is 4.52 Å². The number of benzene rings is 1. The number of aromatic nitrogens is 2. The van der Waals surface area contributed by atoms with Gasteiger partial charge in [-0.05, 0) is 43.7 Å². The van der Waals surface area contributed by atoms with Gasteiger partial charge in [0.05, 0.1) is 5.56 Å². The molecular weight excluding hydrogens is 262 g/mol. The normalized spacial score (nSPS) is 22.2. The van der Waals surface area contributed by atoms with Gasteiger partial charge in [0.15, 0.2) is 5.82 Å². The van der Waals surface area contributed by atoms with Crippen LogP contribution >= 0.6 is 0 Å². The predicted molar refractivity (Wildman–Crippen MR) is 84.1 cm³/mol. The molecular formula is C17H23N3O. The molecule has 2 atom stereocenters. The summed E-state index contributed by atoms with van der Waals surface area (Å²) in [4.78, 5) is 4.33. The number of nitrogens with zero attached hydrogens (tertiary/aromatic N) is 2. The lowest BCUT2D eigenvalue weighted by atomic mass is 9.82. The highest BCUT2D eigenvalue weighted by molar-refractivity contribution is 5.72. The van der Waals surface area contributed by atoms with Gasteiger partial charge in [-0.25, -0.2) is 0 Å². The van der Waals surface area contributed by atoms with Crippen molar-refractivity contribution in [3.63, 3.8) is 0 Å².